The number of nitrogens with zero attached hydrogens (tertiary/aromatic N) is 1. The fourth-order valence-corrected chi connectivity index (χ4v) is 6.29. The van der Waals surface area contributed by atoms with Crippen molar-refractivity contribution in [1.29, 1.82) is 0 Å². The molecule has 0 saturated carbocycles. The molecule has 1 aliphatic heterocycles. The third-order valence-corrected chi connectivity index (χ3v) is 8.41. The second-order valence-electron chi connectivity index (χ2n) is 7.70. The van der Waals surface area contributed by atoms with Crippen LogP contribution in [0.1, 0.15) is 21.9 Å². The van der Waals surface area contributed by atoms with Gasteiger partial charge in [0.05, 0.1) is 22.7 Å². The van der Waals surface area contributed by atoms with Crippen LogP contribution in [0.5, 0.6) is 5.75 Å². The molecule has 0 fully saturated rings. The molecule has 1 atom stereocenters. The first-order valence-electron chi connectivity index (χ1n) is 10.0. The van der Waals surface area contributed by atoms with Crippen LogP contribution in [0.2, 0.25) is 0 Å². The maximum Gasteiger partial charge on any atom is 0.416 e. The third-order valence-electron chi connectivity index (χ3n) is 5.38. The minimum Gasteiger partial charge on any atom is -0.489 e. The molecule has 3 aromatic rings. The van der Waals surface area contributed by atoms with Crippen molar-refractivity contribution >= 4 is 25.7 Å². The highest BCUT2D eigenvalue weighted by molar-refractivity contribution is 7.92. The lowest BCUT2D eigenvalue weighted by molar-refractivity contribution is -0.137. The van der Waals surface area contributed by atoms with E-state index in [1.54, 1.807) is 0 Å². The summed E-state index contributed by atoms with van der Waals surface area (Å²) in [7, 11) is -8.56. The van der Waals surface area contributed by atoms with Gasteiger partial charge in [0.15, 0.2) is 0 Å². The Hall–Kier alpha value is -3.16. The number of ether oxygens (including phenoxy) is 1. The van der Waals surface area contributed by atoms with Crippen molar-refractivity contribution in [3.05, 3.63) is 89.2 Å². The van der Waals surface area contributed by atoms with Crippen molar-refractivity contribution in [1.82, 2.24) is 0 Å². The average Bonchev–Trinajstić information content (AvgIpc) is 2.78. The van der Waals surface area contributed by atoms with Crippen molar-refractivity contribution < 1.29 is 39.1 Å². The van der Waals surface area contributed by atoms with Crippen LogP contribution >= 0.6 is 0 Å². The van der Waals surface area contributed by atoms with Crippen molar-refractivity contribution in [3.63, 3.8) is 0 Å². The van der Waals surface area contributed by atoms with E-state index >= 15 is 0 Å². The van der Waals surface area contributed by atoms with E-state index in [9.17, 15) is 34.4 Å². The SMILES string of the molecule is NS(=O)(=O)C(c1ccc(C(F)(F)F)cc1)c1ccc2c(c1)N(S(=O)(=O)c1ccc(F)cc1)CCO2. The first-order valence-corrected chi connectivity index (χ1v) is 13.1. The van der Waals surface area contributed by atoms with Gasteiger partial charge >= 0.3 is 6.18 Å². The number of fused-ring (bicyclic) bond motifs is 1. The van der Waals surface area contributed by atoms with E-state index in [0.29, 0.717) is 0 Å². The molecule has 4 rings (SSSR count). The van der Waals surface area contributed by atoms with Gasteiger partial charge in [-0.1, -0.05) is 18.2 Å². The van der Waals surface area contributed by atoms with E-state index in [2.05, 4.69) is 0 Å². The average molecular weight is 531 g/mol. The lowest BCUT2D eigenvalue weighted by atomic mass is 10.0. The zero-order valence-corrected chi connectivity index (χ0v) is 19.4. The summed E-state index contributed by atoms with van der Waals surface area (Å²) in [4.78, 5) is -0.192. The van der Waals surface area contributed by atoms with Crippen LogP contribution in [0.4, 0.5) is 23.2 Å². The molecule has 1 unspecified atom stereocenters. The van der Waals surface area contributed by atoms with Crippen molar-refractivity contribution in [2.75, 3.05) is 17.5 Å². The highest BCUT2D eigenvalue weighted by atomic mass is 32.2. The van der Waals surface area contributed by atoms with Crippen LogP contribution in [0.25, 0.3) is 0 Å². The second-order valence-corrected chi connectivity index (χ2v) is 11.2. The fraction of sp³-hybridized carbons (Fsp3) is 0.182. The molecule has 186 valence electrons. The Morgan fingerprint density at radius 1 is 0.886 bits per heavy atom. The smallest absolute Gasteiger partial charge is 0.416 e. The maximum atomic E-state index is 13.3. The molecule has 0 aliphatic carbocycles. The lowest BCUT2D eigenvalue weighted by Crippen LogP contribution is -2.38. The first kappa shape index (κ1) is 24.9. The first-order chi connectivity index (χ1) is 16.3. The van der Waals surface area contributed by atoms with Crippen molar-refractivity contribution in [2.45, 2.75) is 16.3 Å². The van der Waals surface area contributed by atoms with Crippen LogP contribution in [-0.2, 0) is 26.2 Å². The van der Waals surface area contributed by atoms with Gasteiger partial charge in [-0.05, 0) is 59.7 Å². The highest BCUT2D eigenvalue weighted by Gasteiger charge is 2.34. The molecule has 7 nitrogen and oxygen atoms in total. The molecule has 1 heterocycles. The molecular weight excluding hydrogens is 512 g/mol. The number of hydrogen-bond acceptors (Lipinski definition) is 5. The van der Waals surface area contributed by atoms with E-state index in [4.69, 9.17) is 9.88 Å². The van der Waals surface area contributed by atoms with Gasteiger partial charge in [0.2, 0.25) is 10.0 Å². The molecule has 35 heavy (non-hydrogen) atoms. The zero-order chi connectivity index (χ0) is 25.6. The van der Waals surface area contributed by atoms with Gasteiger partial charge in [-0.15, -0.1) is 0 Å². The van der Waals surface area contributed by atoms with E-state index < -0.39 is 42.9 Å². The van der Waals surface area contributed by atoms with Gasteiger partial charge in [-0.3, -0.25) is 4.31 Å². The summed E-state index contributed by atoms with van der Waals surface area (Å²) in [6.07, 6.45) is -4.62. The summed E-state index contributed by atoms with van der Waals surface area (Å²) in [5.41, 5.74) is -0.968. The molecule has 0 spiro atoms. The Labute approximate surface area is 198 Å². The zero-order valence-electron chi connectivity index (χ0n) is 17.7. The number of rotatable bonds is 5. The van der Waals surface area contributed by atoms with Gasteiger partial charge in [0.25, 0.3) is 10.0 Å². The van der Waals surface area contributed by atoms with Gasteiger partial charge < -0.3 is 4.74 Å². The second kappa shape index (κ2) is 8.81. The topological polar surface area (TPSA) is 107 Å². The number of anilines is 1. The van der Waals surface area contributed by atoms with Crippen molar-refractivity contribution in [3.8, 4) is 5.75 Å². The van der Waals surface area contributed by atoms with Crippen LogP contribution < -0.4 is 14.2 Å². The van der Waals surface area contributed by atoms with E-state index in [-0.39, 0.29) is 40.6 Å². The Bertz CT molecular complexity index is 1460. The lowest BCUT2D eigenvalue weighted by Gasteiger charge is -2.31. The minimum absolute atomic E-state index is 0.00426. The summed E-state index contributed by atoms with van der Waals surface area (Å²) in [6, 6.07) is 11.6. The summed E-state index contributed by atoms with van der Waals surface area (Å²) < 4.78 is 110. The Balaban J connectivity index is 1.81. The predicted molar refractivity (Wildman–Crippen MR) is 119 cm³/mol. The predicted octanol–water partition coefficient (Wildman–Crippen LogP) is 3.81. The monoisotopic (exact) mass is 530 g/mol. The number of halogens is 4. The normalized spacial score (nSPS) is 15.3. The molecular formula is C22H18F4N2O5S2. The number of benzene rings is 3. The molecule has 3 aromatic carbocycles. The summed E-state index contributed by atoms with van der Waals surface area (Å²) >= 11 is 0. The number of alkyl halides is 3. The van der Waals surface area contributed by atoms with Gasteiger partial charge in [0.1, 0.15) is 23.4 Å². The standard InChI is InChI=1S/C22H18F4N2O5S2/c23-17-6-8-18(9-7-17)35(31,32)28-11-12-33-20-10-3-15(13-19(20)28)21(34(27,29)30)14-1-4-16(5-2-14)22(24,25)26/h1-10,13,21H,11-12H2,(H2,27,29,30). The fourth-order valence-electron chi connectivity index (χ4n) is 3.78. The third kappa shape index (κ3) is 4.97. The Morgan fingerprint density at radius 3 is 2.06 bits per heavy atom. The molecule has 1 aliphatic rings. The van der Waals surface area contributed by atoms with E-state index in [0.717, 1.165) is 52.8 Å². The Kier molecular flexibility index (Phi) is 6.28. The largest absolute Gasteiger partial charge is 0.489 e. The number of primary sulfonamides is 1. The molecule has 13 heteroatoms. The minimum atomic E-state index is -4.62. The van der Waals surface area contributed by atoms with Gasteiger partial charge in [-0.25, -0.2) is 26.4 Å². The molecule has 0 saturated heterocycles. The summed E-state index contributed by atoms with van der Waals surface area (Å²) in [5, 5.41) is 3.84. The molecule has 0 radical (unpaired) electrons. The highest BCUT2D eigenvalue weighted by Crippen LogP contribution is 2.40. The molecule has 0 amide bonds. The van der Waals surface area contributed by atoms with Crippen LogP contribution in [-0.4, -0.2) is 30.0 Å². The van der Waals surface area contributed by atoms with Gasteiger partial charge in [-0.2, -0.15) is 13.2 Å². The van der Waals surface area contributed by atoms with E-state index in [1.165, 1.54) is 18.2 Å². The Morgan fingerprint density at radius 2 is 1.49 bits per heavy atom. The van der Waals surface area contributed by atoms with Gasteiger partial charge in [0, 0.05) is 0 Å². The number of sulfonamides is 2. The molecule has 0 bridgehead atoms. The van der Waals surface area contributed by atoms with Crippen LogP contribution in [0.3, 0.4) is 0 Å². The van der Waals surface area contributed by atoms with Crippen LogP contribution in [0.15, 0.2) is 71.6 Å². The number of hydrogen-bond donors (Lipinski definition) is 1. The summed E-state index contributed by atoms with van der Waals surface area (Å²) in [6.45, 7) is -0.110. The maximum absolute atomic E-state index is 13.3. The van der Waals surface area contributed by atoms with E-state index in [1.807, 2.05) is 0 Å². The summed E-state index contributed by atoms with van der Waals surface area (Å²) in [5.74, 6) is -0.479. The number of nitrogens with two attached hydrogens (primary N) is 1. The molecule has 2 N–H and O–H groups in total. The van der Waals surface area contributed by atoms with Crippen molar-refractivity contribution in [2.24, 2.45) is 5.14 Å². The molecule has 0 aromatic heterocycles. The van der Waals surface area contributed by atoms with Crippen LogP contribution in [0, 0.1) is 5.82 Å². The quantitative estimate of drug-likeness (QED) is 0.505.